The quantitative estimate of drug-likeness (QED) is 0.426. The normalized spacial score (nSPS) is 27.4. The van der Waals surface area contributed by atoms with Crippen LogP contribution in [-0.4, -0.2) is 55.4 Å². The standard InChI is InChI=1S/C18H27N3O2.HI/c1-18(14-6-4-5-7-15(14)23-3)12-16(18)20-17(19-2)21-10-8-13(22)9-11-21;/h4-7,13,16,22H,8-12H2,1-3H3,(H,19,20);1H. The molecule has 2 aliphatic rings. The summed E-state index contributed by atoms with van der Waals surface area (Å²) in [6.45, 7) is 3.99. The molecule has 0 amide bonds. The maximum atomic E-state index is 9.66. The third-order valence-corrected chi connectivity index (χ3v) is 5.24. The van der Waals surface area contributed by atoms with Crippen molar-refractivity contribution in [2.75, 3.05) is 27.2 Å². The molecule has 2 N–H and O–H groups in total. The van der Waals surface area contributed by atoms with E-state index in [1.807, 2.05) is 19.2 Å². The van der Waals surface area contributed by atoms with Crippen LogP contribution in [-0.2, 0) is 5.41 Å². The molecule has 6 heteroatoms. The number of likely N-dealkylation sites (tertiary alicyclic amines) is 1. The molecule has 1 saturated carbocycles. The molecule has 3 rings (SSSR count). The van der Waals surface area contributed by atoms with Gasteiger partial charge in [-0.3, -0.25) is 4.99 Å². The number of hydrogen-bond acceptors (Lipinski definition) is 3. The van der Waals surface area contributed by atoms with Crippen molar-refractivity contribution in [1.82, 2.24) is 10.2 Å². The Hall–Kier alpha value is -1.02. The van der Waals surface area contributed by atoms with E-state index in [0.29, 0.717) is 6.04 Å². The molecule has 0 spiro atoms. The van der Waals surface area contributed by atoms with Gasteiger partial charge >= 0.3 is 0 Å². The summed E-state index contributed by atoms with van der Waals surface area (Å²) in [6.07, 6.45) is 2.54. The second-order valence-electron chi connectivity index (χ2n) is 6.78. The Morgan fingerprint density at radius 2 is 2.00 bits per heavy atom. The largest absolute Gasteiger partial charge is 0.496 e. The molecule has 134 valence electrons. The van der Waals surface area contributed by atoms with Crippen molar-refractivity contribution in [2.24, 2.45) is 4.99 Å². The summed E-state index contributed by atoms with van der Waals surface area (Å²) >= 11 is 0. The van der Waals surface area contributed by atoms with E-state index < -0.39 is 0 Å². The number of guanidine groups is 1. The average molecular weight is 445 g/mol. The maximum absolute atomic E-state index is 9.66. The van der Waals surface area contributed by atoms with Gasteiger partial charge < -0.3 is 20.1 Å². The summed E-state index contributed by atoms with van der Waals surface area (Å²) in [4.78, 5) is 6.68. The van der Waals surface area contributed by atoms with Crippen LogP contribution in [0.1, 0.15) is 31.7 Å². The number of nitrogens with one attached hydrogen (secondary N) is 1. The van der Waals surface area contributed by atoms with Crippen molar-refractivity contribution < 1.29 is 9.84 Å². The SMILES string of the molecule is CN=C(NC1CC1(C)c1ccccc1OC)N1CCC(O)CC1.I. The fourth-order valence-electron chi connectivity index (χ4n) is 3.52. The van der Waals surface area contributed by atoms with Crippen LogP contribution < -0.4 is 10.1 Å². The van der Waals surface area contributed by atoms with Gasteiger partial charge in [0.2, 0.25) is 0 Å². The molecule has 5 nitrogen and oxygen atoms in total. The fourth-order valence-corrected chi connectivity index (χ4v) is 3.52. The van der Waals surface area contributed by atoms with Crippen LogP contribution in [0, 0.1) is 0 Å². The van der Waals surface area contributed by atoms with Gasteiger partial charge in [0.05, 0.1) is 13.2 Å². The summed E-state index contributed by atoms with van der Waals surface area (Å²) in [5.41, 5.74) is 1.34. The molecule has 0 aromatic heterocycles. The first-order valence-corrected chi connectivity index (χ1v) is 8.38. The van der Waals surface area contributed by atoms with E-state index in [4.69, 9.17) is 4.74 Å². The molecular formula is C18H28IN3O2. The predicted octanol–water partition coefficient (Wildman–Crippen LogP) is 2.38. The molecule has 1 aromatic carbocycles. The molecule has 1 aromatic rings. The molecular weight excluding hydrogens is 417 g/mol. The van der Waals surface area contributed by atoms with E-state index in [1.54, 1.807) is 7.11 Å². The lowest BCUT2D eigenvalue weighted by atomic mass is 9.96. The maximum Gasteiger partial charge on any atom is 0.193 e. The van der Waals surface area contributed by atoms with Crippen LogP contribution in [0.15, 0.2) is 29.3 Å². The molecule has 0 radical (unpaired) electrons. The van der Waals surface area contributed by atoms with Crippen LogP contribution in [0.5, 0.6) is 5.75 Å². The Balaban J connectivity index is 0.00000208. The van der Waals surface area contributed by atoms with Crippen molar-refractivity contribution in [3.8, 4) is 5.75 Å². The first kappa shape index (κ1) is 19.3. The van der Waals surface area contributed by atoms with Crippen LogP contribution in [0.4, 0.5) is 0 Å². The number of ether oxygens (including phenoxy) is 1. The summed E-state index contributed by atoms with van der Waals surface area (Å²) in [5.74, 6) is 1.90. The van der Waals surface area contributed by atoms with Gasteiger partial charge in [0.25, 0.3) is 0 Å². The van der Waals surface area contributed by atoms with Gasteiger partial charge in [-0.15, -0.1) is 24.0 Å². The Morgan fingerprint density at radius 3 is 2.62 bits per heavy atom. The molecule has 24 heavy (non-hydrogen) atoms. The first-order valence-electron chi connectivity index (χ1n) is 8.38. The number of hydrogen-bond donors (Lipinski definition) is 2. The highest BCUT2D eigenvalue weighted by Crippen LogP contribution is 2.51. The third kappa shape index (κ3) is 3.79. The topological polar surface area (TPSA) is 57.1 Å². The lowest BCUT2D eigenvalue weighted by Crippen LogP contribution is -2.48. The van der Waals surface area contributed by atoms with Gasteiger partial charge in [0.1, 0.15) is 5.75 Å². The van der Waals surface area contributed by atoms with Gasteiger partial charge in [-0.2, -0.15) is 0 Å². The highest BCUT2D eigenvalue weighted by Gasteiger charge is 2.53. The van der Waals surface area contributed by atoms with Crippen LogP contribution in [0.2, 0.25) is 0 Å². The van der Waals surface area contributed by atoms with Crippen LogP contribution in [0.25, 0.3) is 0 Å². The fraction of sp³-hybridized carbons (Fsp3) is 0.611. The zero-order valence-electron chi connectivity index (χ0n) is 14.7. The van der Waals surface area contributed by atoms with E-state index in [2.05, 4.69) is 34.3 Å². The Kier molecular flexibility index (Phi) is 6.36. The smallest absolute Gasteiger partial charge is 0.193 e. The van der Waals surface area contributed by atoms with E-state index in [-0.39, 0.29) is 35.5 Å². The lowest BCUT2D eigenvalue weighted by molar-refractivity contribution is 0.108. The van der Waals surface area contributed by atoms with Crippen LogP contribution in [0.3, 0.4) is 0 Å². The first-order chi connectivity index (χ1) is 11.1. The van der Waals surface area contributed by atoms with E-state index >= 15 is 0 Å². The highest BCUT2D eigenvalue weighted by atomic mass is 127. The van der Waals surface area contributed by atoms with Crippen molar-refractivity contribution in [3.63, 3.8) is 0 Å². The molecule has 2 unspecified atom stereocenters. The summed E-state index contributed by atoms with van der Waals surface area (Å²) in [6, 6.07) is 8.62. The molecule has 2 fully saturated rings. The number of nitrogens with zero attached hydrogens (tertiary/aromatic N) is 2. The van der Waals surface area contributed by atoms with Gasteiger partial charge in [-0.25, -0.2) is 0 Å². The molecule has 1 aliphatic heterocycles. The Labute approximate surface area is 161 Å². The van der Waals surface area contributed by atoms with E-state index in [1.165, 1.54) is 5.56 Å². The molecule has 2 atom stereocenters. The Morgan fingerprint density at radius 1 is 1.33 bits per heavy atom. The minimum absolute atomic E-state index is 0. The zero-order valence-corrected chi connectivity index (χ0v) is 17.0. The zero-order chi connectivity index (χ0) is 16.4. The third-order valence-electron chi connectivity index (χ3n) is 5.24. The number of aliphatic hydroxyl groups is 1. The number of rotatable bonds is 3. The van der Waals surface area contributed by atoms with Crippen molar-refractivity contribution in [2.45, 2.75) is 43.7 Å². The monoisotopic (exact) mass is 445 g/mol. The minimum atomic E-state index is -0.163. The highest BCUT2D eigenvalue weighted by molar-refractivity contribution is 14.0. The number of para-hydroxylation sites is 1. The summed E-state index contributed by atoms with van der Waals surface area (Å²) in [5, 5.41) is 13.3. The molecule has 1 saturated heterocycles. The average Bonchev–Trinajstić information content (AvgIpc) is 3.24. The van der Waals surface area contributed by atoms with Crippen molar-refractivity contribution >= 4 is 29.9 Å². The number of piperidine rings is 1. The van der Waals surface area contributed by atoms with Crippen LogP contribution >= 0.6 is 24.0 Å². The molecule has 1 aliphatic carbocycles. The minimum Gasteiger partial charge on any atom is -0.496 e. The van der Waals surface area contributed by atoms with E-state index in [0.717, 1.165) is 44.1 Å². The molecule has 0 bridgehead atoms. The van der Waals surface area contributed by atoms with Gasteiger partial charge in [0, 0.05) is 37.2 Å². The van der Waals surface area contributed by atoms with Gasteiger partial charge in [-0.1, -0.05) is 25.1 Å². The Bertz CT molecular complexity index is 587. The lowest BCUT2D eigenvalue weighted by Gasteiger charge is -2.32. The predicted molar refractivity (Wildman–Crippen MR) is 107 cm³/mol. The number of halogens is 1. The summed E-state index contributed by atoms with van der Waals surface area (Å²) in [7, 11) is 3.56. The second kappa shape index (κ2) is 7.91. The van der Waals surface area contributed by atoms with E-state index in [9.17, 15) is 5.11 Å². The number of aliphatic imine (C=N–C) groups is 1. The van der Waals surface area contributed by atoms with Crippen molar-refractivity contribution in [3.05, 3.63) is 29.8 Å². The number of benzene rings is 1. The molecule has 1 heterocycles. The van der Waals surface area contributed by atoms with Gasteiger partial charge in [0.15, 0.2) is 5.96 Å². The second-order valence-corrected chi connectivity index (χ2v) is 6.78. The number of methoxy groups -OCH3 is 1. The number of aliphatic hydroxyl groups excluding tert-OH is 1. The van der Waals surface area contributed by atoms with Crippen molar-refractivity contribution in [1.29, 1.82) is 0 Å². The van der Waals surface area contributed by atoms with Gasteiger partial charge in [-0.05, 0) is 25.3 Å². The summed E-state index contributed by atoms with van der Waals surface area (Å²) < 4.78 is 5.52.